The van der Waals surface area contributed by atoms with Crippen LogP contribution >= 0.6 is 0 Å². The second kappa shape index (κ2) is 8.82. The standard InChI is InChI=1S/C21H22N6O4/c28-19(12-24-21(29)25-15-5-1-6-16(10-15)27(30)31)26-9-3-4-14(13-26)18-11-23-20-17(18)7-2-8-22-20/h1-2,5-8,10-11,14H,3-4,9,12-13H2,(H,22,23)(H2,24,25,29). The van der Waals surface area contributed by atoms with Gasteiger partial charge in [-0.25, -0.2) is 9.78 Å². The predicted molar refractivity (Wildman–Crippen MR) is 115 cm³/mol. The number of fused-ring (bicyclic) bond motifs is 1. The fourth-order valence-corrected chi connectivity index (χ4v) is 3.91. The maximum atomic E-state index is 12.7. The number of H-pyrrole nitrogens is 1. The number of benzene rings is 1. The summed E-state index contributed by atoms with van der Waals surface area (Å²) < 4.78 is 0. The van der Waals surface area contributed by atoms with Gasteiger partial charge in [0, 0.05) is 54.6 Å². The number of hydrogen-bond acceptors (Lipinski definition) is 5. The van der Waals surface area contributed by atoms with Crippen molar-refractivity contribution in [1.82, 2.24) is 20.2 Å². The van der Waals surface area contributed by atoms with Crippen LogP contribution in [0.25, 0.3) is 11.0 Å². The number of amides is 3. The largest absolute Gasteiger partial charge is 0.346 e. The summed E-state index contributed by atoms with van der Waals surface area (Å²) in [7, 11) is 0. The first kappa shape index (κ1) is 20.3. The van der Waals surface area contributed by atoms with Gasteiger partial charge in [-0.2, -0.15) is 0 Å². The van der Waals surface area contributed by atoms with E-state index in [0.29, 0.717) is 13.1 Å². The van der Waals surface area contributed by atoms with Crippen LogP contribution < -0.4 is 10.6 Å². The number of nitro benzene ring substituents is 1. The number of nitrogens with one attached hydrogen (secondary N) is 3. The third kappa shape index (κ3) is 4.63. The second-order valence-electron chi connectivity index (χ2n) is 7.44. The minimum Gasteiger partial charge on any atom is -0.346 e. The number of nitro groups is 1. The van der Waals surface area contributed by atoms with Crippen LogP contribution in [0.3, 0.4) is 0 Å². The van der Waals surface area contributed by atoms with Crippen LogP contribution in [0, 0.1) is 10.1 Å². The molecule has 31 heavy (non-hydrogen) atoms. The summed E-state index contributed by atoms with van der Waals surface area (Å²) in [6, 6.07) is 8.94. The number of likely N-dealkylation sites (tertiary alicyclic amines) is 1. The average molecular weight is 422 g/mol. The Kier molecular flexibility index (Phi) is 5.78. The average Bonchev–Trinajstić information content (AvgIpc) is 3.22. The molecular formula is C21H22N6O4. The monoisotopic (exact) mass is 422 g/mol. The van der Waals surface area contributed by atoms with Gasteiger partial charge in [-0.1, -0.05) is 6.07 Å². The summed E-state index contributed by atoms with van der Waals surface area (Å²) in [6.07, 6.45) is 5.56. The Bertz CT molecular complexity index is 1130. The maximum Gasteiger partial charge on any atom is 0.319 e. The summed E-state index contributed by atoms with van der Waals surface area (Å²) in [5.41, 5.74) is 2.14. The van der Waals surface area contributed by atoms with Crippen LogP contribution in [0.1, 0.15) is 24.3 Å². The van der Waals surface area contributed by atoms with Gasteiger partial charge in [-0.3, -0.25) is 14.9 Å². The molecule has 0 saturated carbocycles. The van der Waals surface area contributed by atoms with E-state index in [1.54, 1.807) is 17.2 Å². The second-order valence-corrected chi connectivity index (χ2v) is 7.44. The maximum absolute atomic E-state index is 12.7. The molecule has 1 atom stereocenters. The van der Waals surface area contributed by atoms with E-state index in [9.17, 15) is 19.7 Å². The fraction of sp³-hybridized carbons (Fsp3) is 0.286. The first-order valence-corrected chi connectivity index (χ1v) is 10.0. The highest BCUT2D eigenvalue weighted by Crippen LogP contribution is 2.31. The van der Waals surface area contributed by atoms with E-state index in [-0.39, 0.29) is 29.7 Å². The highest BCUT2D eigenvalue weighted by atomic mass is 16.6. The zero-order valence-electron chi connectivity index (χ0n) is 16.7. The number of piperidine rings is 1. The molecule has 0 aliphatic carbocycles. The zero-order chi connectivity index (χ0) is 21.8. The van der Waals surface area contributed by atoms with Crippen LogP contribution in [-0.2, 0) is 4.79 Å². The van der Waals surface area contributed by atoms with E-state index >= 15 is 0 Å². The van der Waals surface area contributed by atoms with E-state index in [2.05, 4.69) is 20.6 Å². The van der Waals surface area contributed by atoms with Crippen LogP contribution in [0.5, 0.6) is 0 Å². The van der Waals surface area contributed by atoms with Crippen molar-refractivity contribution < 1.29 is 14.5 Å². The van der Waals surface area contributed by atoms with Gasteiger partial charge in [0.2, 0.25) is 5.91 Å². The molecule has 10 nitrogen and oxygen atoms in total. The number of urea groups is 1. The van der Waals surface area contributed by atoms with Gasteiger partial charge in [-0.05, 0) is 36.6 Å². The van der Waals surface area contributed by atoms with E-state index in [1.807, 2.05) is 18.3 Å². The summed E-state index contributed by atoms with van der Waals surface area (Å²) >= 11 is 0. The van der Waals surface area contributed by atoms with E-state index < -0.39 is 11.0 Å². The zero-order valence-corrected chi connectivity index (χ0v) is 16.7. The number of carbonyl (C=O) groups excluding carboxylic acids is 2. The first-order chi connectivity index (χ1) is 15.0. The van der Waals surface area contributed by atoms with Gasteiger partial charge in [0.1, 0.15) is 5.65 Å². The molecule has 0 radical (unpaired) electrons. The topological polar surface area (TPSA) is 133 Å². The lowest BCUT2D eigenvalue weighted by Crippen LogP contribution is -2.45. The number of aromatic amines is 1. The van der Waals surface area contributed by atoms with E-state index in [4.69, 9.17) is 0 Å². The van der Waals surface area contributed by atoms with Gasteiger partial charge in [0.25, 0.3) is 5.69 Å². The Morgan fingerprint density at radius 1 is 1.29 bits per heavy atom. The normalized spacial score (nSPS) is 16.1. The molecular weight excluding hydrogens is 400 g/mol. The molecule has 1 fully saturated rings. The minimum absolute atomic E-state index is 0.124. The Balaban J connectivity index is 1.32. The SMILES string of the molecule is O=C(NCC(=O)N1CCCC(c2c[nH]c3ncccc23)C1)Nc1cccc([N+](=O)[O-])c1. The number of non-ortho nitro benzene ring substituents is 1. The smallest absolute Gasteiger partial charge is 0.319 e. The molecule has 1 aromatic carbocycles. The molecule has 3 amide bonds. The first-order valence-electron chi connectivity index (χ1n) is 10.0. The highest BCUT2D eigenvalue weighted by molar-refractivity contribution is 5.92. The molecule has 4 rings (SSSR count). The summed E-state index contributed by atoms with van der Waals surface area (Å²) in [6.45, 7) is 1.07. The van der Waals surface area contributed by atoms with Crippen LogP contribution in [0.2, 0.25) is 0 Å². The van der Waals surface area contributed by atoms with E-state index in [1.165, 1.54) is 18.2 Å². The number of nitrogens with zero attached hydrogens (tertiary/aromatic N) is 3. The lowest BCUT2D eigenvalue weighted by atomic mass is 9.90. The molecule has 1 unspecified atom stereocenters. The lowest BCUT2D eigenvalue weighted by molar-refractivity contribution is -0.384. The van der Waals surface area contributed by atoms with Crippen molar-refractivity contribution in [3.8, 4) is 0 Å². The van der Waals surface area contributed by atoms with Crippen molar-refractivity contribution in [3.63, 3.8) is 0 Å². The lowest BCUT2D eigenvalue weighted by Gasteiger charge is -2.32. The minimum atomic E-state index is -0.592. The van der Waals surface area contributed by atoms with Gasteiger partial charge in [0.15, 0.2) is 0 Å². The summed E-state index contributed by atoms with van der Waals surface area (Å²) in [5.74, 6) is 0.0335. The fourth-order valence-electron chi connectivity index (χ4n) is 3.91. The summed E-state index contributed by atoms with van der Waals surface area (Å²) in [5, 5.41) is 16.9. The van der Waals surface area contributed by atoms with Gasteiger partial charge in [-0.15, -0.1) is 0 Å². The molecule has 10 heteroatoms. The Morgan fingerprint density at radius 2 is 2.16 bits per heavy atom. The number of hydrogen-bond donors (Lipinski definition) is 3. The molecule has 3 heterocycles. The third-order valence-electron chi connectivity index (χ3n) is 5.41. The molecule has 0 spiro atoms. The van der Waals surface area contributed by atoms with E-state index in [0.717, 1.165) is 29.4 Å². The molecule has 160 valence electrons. The Morgan fingerprint density at radius 3 is 3.00 bits per heavy atom. The third-order valence-corrected chi connectivity index (χ3v) is 5.41. The number of aromatic nitrogens is 2. The van der Waals surface area contributed by atoms with Crippen LogP contribution in [0.4, 0.5) is 16.2 Å². The molecule has 1 aliphatic heterocycles. The molecule has 1 saturated heterocycles. The van der Waals surface area contributed by atoms with Gasteiger partial charge in [0.05, 0.1) is 11.5 Å². The quantitative estimate of drug-likeness (QED) is 0.429. The van der Waals surface area contributed by atoms with Gasteiger partial charge >= 0.3 is 6.03 Å². The Hall–Kier alpha value is -3.95. The Labute approximate surface area is 177 Å². The number of pyridine rings is 1. The number of anilines is 1. The van der Waals surface area contributed by atoms with Crippen molar-refractivity contribution in [2.75, 3.05) is 25.0 Å². The van der Waals surface area contributed by atoms with Crippen molar-refractivity contribution >= 4 is 34.3 Å². The van der Waals surface area contributed by atoms with Crippen molar-refractivity contribution in [3.05, 3.63) is 64.5 Å². The van der Waals surface area contributed by atoms with Gasteiger partial charge < -0.3 is 20.5 Å². The molecule has 3 aromatic rings. The van der Waals surface area contributed by atoms with Crippen LogP contribution in [-0.4, -0.2) is 51.4 Å². The highest BCUT2D eigenvalue weighted by Gasteiger charge is 2.26. The van der Waals surface area contributed by atoms with Crippen LogP contribution in [0.15, 0.2) is 48.8 Å². The van der Waals surface area contributed by atoms with Crippen molar-refractivity contribution in [1.29, 1.82) is 0 Å². The van der Waals surface area contributed by atoms with Crippen molar-refractivity contribution in [2.24, 2.45) is 0 Å². The number of carbonyl (C=O) groups is 2. The van der Waals surface area contributed by atoms with Crippen molar-refractivity contribution in [2.45, 2.75) is 18.8 Å². The summed E-state index contributed by atoms with van der Waals surface area (Å²) in [4.78, 5) is 44.3. The molecule has 3 N–H and O–H groups in total. The number of rotatable bonds is 5. The molecule has 0 bridgehead atoms. The predicted octanol–water partition coefficient (Wildman–Crippen LogP) is 3.00. The molecule has 1 aliphatic rings. The molecule has 2 aromatic heterocycles.